The van der Waals surface area contributed by atoms with Gasteiger partial charge >= 0.3 is 6.03 Å². The number of carbonyl (C=O) groups excluding carboxylic acids is 2. The molecule has 0 radical (unpaired) electrons. The van der Waals surface area contributed by atoms with Crippen LogP contribution < -0.4 is 15.5 Å². The van der Waals surface area contributed by atoms with Crippen LogP contribution in [0.2, 0.25) is 0 Å². The smallest absolute Gasteiger partial charge is 0.326 e. The third-order valence-corrected chi connectivity index (χ3v) is 6.06. The van der Waals surface area contributed by atoms with Gasteiger partial charge in [-0.2, -0.15) is 0 Å². The number of fused-ring (bicyclic) bond motifs is 1. The minimum absolute atomic E-state index is 0.206. The van der Waals surface area contributed by atoms with Crippen LogP contribution in [-0.4, -0.2) is 23.7 Å². The standard InChI is InChI=1S/C24H22FN3O2S/c1-16-15-28(21-7-2-3-8-22(21)31-16)24(30)27-20-11-9-18(10-12-20)23(29)26-14-17-5-4-6-19(25)13-17/h2-13,16H,14-15H2,1H3,(H,26,29)(H,27,30)/t16-/m1/s1. The summed E-state index contributed by atoms with van der Waals surface area (Å²) < 4.78 is 13.2. The molecule has 0 saturated carbocycles. The van der Waals surface area contributed by atoms with Crippen molar-refractivity contribution in [3.63, 3.8) is 0 Å². The molecule has 3 amide bonds. The van der Waals surface area contributed by atoms with Gasteiger partial charge < -0.3 is 10.6 Å². The van der Waals surface area contributed by atoms with Gasteiger partial charge in [-0.15, -0.1) is 11.8 Å². The Balaban J connectivity index is 1.38. The first-order valence-electron chi connectivity index (χ1n) is 9.96. The molecule has 0 bridgehead atoms. The summed E-state index contributed by atoms with van der Waals surface area (Å²) in [4.78, 5) is 28.1. The normalized spacial score (nSPS) is 15.2. The van der Waals surface area contributed by atoms with Crippen LogP contribution in [0.25, 0.3) is 0 Å². The average molecular weight is 436 g/mol. The maximum atomic E-state index is 13.2. The fourth-order valence-electron chi connectivity index (χ4n) is 3.41. The van der Waals surface area contributed by atoms with Gasteiger partial charge in [0.05, 0.1) is 5.69 Å². The van der Waals surface area contributed by atoms with E-state index in [1.165, 1.54) is 12.1 Å². The van der Waals surface area contributed by atoms with Crippen LogP contribution in [0.15, 0.2) is 77.7 Å². The monoisotopic (exact) mass is 435 g/mol. The number of halogens is 1. The van der Waals surface area contributed by atoms with E-state index in [9.17, 15) is 14.0 Å². The van der Waals surface area contributed by atoms with Crippen molar-refractivity contribution in [2.75, 3.05) is 16.8 Å². The number of anilines is 2. The molecule has 0 unspecified atom stereocenters. The van der Waals surface area contributed by atoms with E-state index in [-0.39, 0.29) is 24.3 Å². The lowest BCUT2D eigenvalue weighted by molar-refractivity contribution is 0.0951. The Morgan fingerprint density at radius 1 is 1.06 bits per heavy atom. The Hall–Kier alpha value is -3.32. The van der Waals surface area contributed by atoms with E-state index in [0.29, 0.717) is 28.6 Å². The van der Waals surface area contributed by atoms with E-state index >= 15 is 0 Å². The second kappa shape index (κ2) is 9.22. The highest BCUT2D eigenvalue weighted by Crippen LogP contribution is 2.38. The molecule has 0 saturated heterocycles. The zero-order valence-corrected chi connectivity index (χ0v) is 17.8. The van der Waals surface area contributed by atoms with Gasteiger partial charge in [0.1, 0.15) is 5.82 Å². The van der Waals surface area contributed by atoms with Crippen molar-refractivity contribution < 1.29 is 14.0 Å². The number of benzene rings is 3. The maximum Gasteiger partial charge on any atom is 0.326 e. The number of carbonyl (C=O) groups is 2. The van der Waals surface area contributed by atoms with Gasteiger partial charge in [0.2, 0.25) is 0 Å². The molecule has 1 aliphatic heterocycles. The van der Waals surface area contributed by atoms with Crippen LogP contribution in [0, 0.1) is 5.82 Å². The molecule has 1 heterocycles. The average Bonchev–Trinajstić information content (AvgIpc) is 2.77. The van der Waals surface area contributed by atoms with Crippen LogP contribution in [0.5, 0.6) is 0 Å². The predicted octanol–water partition coefficient (Wildman–Crippen LogP) is 5.29. The third kappa shape index (κ3) is 5.06. The topological polar surface area (TPSA) is 61.4 Å². The highest BCUT2D eigenvalue weighted by Gasteiger charge is 2.26. The zero-order valence-electron chi connectivity index (χ0n) is 17.0. The number of nitrogens with zero attached hydrogens (tertiary/aromatic N) is 1. The fourth-order valence-corrected chi connectivity index (χ4v) is 4.52. The summed E-state index contributed by atoms with van der Waals surface area (Å²) in [5.74, 6) is -0.603. The quantitative estimate of drug-likeness (QED) is 0.586. The molecule has 0 spiro atoms. The van der Waals surface area contributed by atoms with Crippen LogP contribution >= 0.6 is 11.8 Å². The number of hydrogen-bond donors (Lipinski definition) is 2. The Morgan fingerprint density at radius 2 is 1.84 bits per heavy atom. The third-order valence-electron chi connectivity index (χ3n) is 4.91. The maximum absolute atomic E-state index is 13.2. The number of rotatable bonds is 4. The first-order valence-corrected chi connectivity index (χ1v) is 10.8. The molecule has 5 nitrogen and oxygen atoms in total. The van der Waals surface area contributed by atoms with Crippen molar-refractivity contribution in [2.24, 2.45) is 0 Å². The van der Waals surface area contributed by atoms with Crippen molar-refractivity contribution in [3.8, 4) is 0 Å². The summed E-state index contributed by atoms with van der Waals surface area (Å²) >= 11 is 1.76. The first-order chi connectivity index (χ1) is 15.0. The first kappa shape index (κ1) is 20.9. The Bertz CT molecular complexity index is 1100. The van der Waals surface area contributed by atoms with E-state index in [2.05, 4.69) is 17.6 Å². The van der Waals surface area contributed by atoms with Gasteiger partial charge in [-0.1, -0.05) is 31.2 Å². The molecule has 1 aliphatic rings. The van der Waals surface area contributed by atoms with Crippen molar-refractivity contribution >= 4 is 35.1 Å². The molecular formula is C24H22FN3O2S. The molecule has 3 aromatic rings. The fraction of sp³-hybridized carbons (Fsp3) is 0.167. The summed E-state index contributed by atoms with van der Waals surface area (Å²) in [5.41, 5.74) is 2.65. The zero-order chi connectivity index (χ0) is 21.8. The molecule has 1 atom stereocenters. The molecule has 158 valence electrons. The molecule has 3 aromatic carbocycles. The Labute approximate surface area is 184 Å². The van der Waals surface area contributed by atoms with Gasteiger partial charge in [0.15, 0.2) is 0 Å². The van der Waals surface area contributed by atoms with Crippen LogP contribution in [0.3, 0.4) is 0 Å². The lowest BCUT2D eigenvalue weighted by atomic mass is 10.1. The van der Waals surface area contributed by atoms with Gasteiger partial charge in [-0.05, 0) is 54.1 Å². The van der Waals surface area contributed by atoms with Gasteiger partial charge in [0, 0.05) is 34.5 Å². The molecule has 7 heteroatoms. The van der Waals surface area contributed by atoms with E-state index in [1.807, 2.05) is 24.3 Å². The Morgan fingerprint density at radius 3 is 2.61 bits per heavy atom. The summed E-state index contributed by atoms with van der Waals surface area (Å²) in [5, 5.41) is 5.97. The number of nitrogens with one attached hydrogen (secondary N) is 2. The predicted molar refractivity (Wildman–Crippen MR) is 122 cm³/mol. The van der Waals surface area contributed by atoms with Gasteiger partial charge in [0.25, 0.3) is 5.91 Å². The summed E-state index contributed by atoms with van der Waals surface area (Å²) in [7, 11) is 0. The van der Waals surface area contributed by atoms with Crippen molar-refractivity contribution in [1.82, 2.24) is 5.32 Å². The summed E-state index contributed by atoms with van der Waals surface area (Å²) in [6.45, 7) is 2.95. The van der Waals surface area contributed by atoms with E-state index in [1.54, 1.807) is 53.1 Å². The summed E-state index contributed by atoms with van der Waals surface area (Å²) in [6, 6.07) is 20.5. The van der Waals surface area contributed by atoms with Crippen molar-refractivity contribution in [3.05, 3.63) is 89.7 Å². The van der Waals surface area contributed by atoms with E-state index in [4.69, 9.17) is 0 Å². The Kier molecular flexibility index (Phi) is 6.23. The van der Waals surface area contributed by atoms with E-state index in [0.717, 1.165) is 10.6 Å². The second-order valence-corrected chi connectivity index (χ2v) is 8.81. The molecule has 31 heavy (non-hydrogen) atoms. The highest BCUT2D eigenvalue weighted by atomic mass is 32.2. The van der Waals surface area contributed by atoms with Crippen molar-refractivity contribution in [1.29, 1.82) is 0 Å². The molecule has 2 N–H and O–H groups in total. The highest BCUT2D eigenvalue weighted by molar-refractivity contribution is 8.00. The number of urea groups is 1. The van der Waals surface area contributed by atoms with Crippen LogP contribution in [-0.2, 0) is 6.54 Å². The van der Waals surface area contributed by atoms with Crippen LogP contribution in [0.1, 0.15) is 22.8 Å². The molecule has 0 aliphatic carbocycles. The lowest BCUT2D eigenvalue weighted by Crippen LogP contribution is -2.41. The lowest BCUT2D eigenvalue weighted by Gasteiger charge is -2.32. The molecule has 0 fully saturated rings. The number of thioether (sulfide) groups is 1. The van der Waals surface area contributed by atoms with E-state index < -0.39 is 0 Å². The molecule has 0 aromatic heterocycles. The minimum atomic E-state index is -0.337. The summed E-state index contributed by atoms with van der Waals surface area (Å²) in [6.07, 6.45) is 0. The van der Waals surface area contributed by atoms with Crippen LogP contribution in [0.4, 0.5) is 20.6 Å². The van der Waals surface area contributed by atoms with Gasteiger partial charge in [-0.3, -0.25) is 9.69 Å². The molecule has 4 rings (SSSR count). The molecular weight excluding hydrogens is 413 g/mol. The van der Waals surface area contributed by atoms with Gasteiger partial charge in [-0.25, -0.2) is 9.18 Å². The second-order valence-electron chi connectivity index (χ2n) is 7.33. The SMILES string of the molecule is C[C@@H]1CN(C(=O)Nc2ccc(C(=O)NCc3cccc(F)c3)cc2)c2ccccc2S1. The largest absolute Gasteiger partial charge is 0.348 e. The number of hydrogen-bond acceptors (Lipinski definition) is 3. The number of amides is 3. The van der Waals surface area contributed by atoms with Crippen molar-refractivity contribution in [2.45, 2.75) is 23.6 Å². The minimum Gasteiger partial charge on any atom is -0.348 e. The number of para-hydroxylation sites is 1.